The van der Waals surface area contributed by atoms with Crippen LogP contribution in [0.5, 0.6) is 0 Å². The largest absolute Gasteiger partial charge is 0.435 e. The molecule has 2 aromatic rings. The number of halogens is 5. The Hall–Kier alpha value is -4.00. The van der Waals surface area contributed by atoms with E-state index in [0.717, 1.165) is 10.9 Å². The first-order chi connectivity index (χ1) is 15.4. The van der Waals surface area contributed by atoms with Crippen molar-refractivity contribution in [1.82, 2.24) is 20.0 Å². The van der Waals surface area contributed by atoms with E-state index in [-0.39, 0.29) is 12.1 Å². The molecule has 3 rings (SSSR count). The number of amides is 2. The summed E-state index contributed by atoms with van der Waals surface area (Å²) < 4.78 is 68.1. The summed E-state index contributed by atoms with van der Waals surface area (Å²) in [5, 5.41) is 23.3. The molecule has 2 amide bonds. The van der Waals surface area contributed by atoms with Crippen molar-refractivity contribution < 1.29 is 31.5 Å². The molecule has 8 nitrogen and oxygen atoms in total. The monoisotopic (exact) mass is 466 g/mol. The second kappa shape index (κ2) is 8.86. The molecular weight excluding hydrogens is 451 g/mol. The van der Waals surface area contributed by atoms with Gasteiger partial charge in [-0.1, -0.05) is 12.1 Å². The van der Waals surface area contributed by atoms with Gasteiger partial charge in [0.05, 0.1) is 42.9 Å². The van der Waals surface area contributed by atoms with Crippen LogP contribution in [0.15, 0.2) is 30.5 Å². The summed E-state index contributed by atoms with van der Waals surface area (Å²) in [6.45, 7) is -2.06. The minimum atomic E-state index is -4.99. The van der Waals surface area contributed by atoms with Gasteiger partial charge in [0.2, 0.25) is 5.91 Å². The molecule has 0 radical (unpaired) electrons. The average Bonchev–Trinajstić information content (AvgIpc) is 3.32. The molecule has 1 aromatic heterocycles. The Balaban J connectivity index is 1.76. The van der Waals surface area contributed by atoms with Gasteiger partial charge in [0, 0.05) is 12.6 Å². The summed E-state index contributed by atoms with van der Waals surface area (Å²) >= 11 is 0. The molecule has 1 atom stereocenters. The van der Waals surface area contributed by atoms with Crippen molar-refractivity contribution >= 4 is 11.8 Å². The average molecular weight is 466 g/mol. The van der Waals surface area contributed by atoms with Gasteiger partial charge < -0.3 is 10.2 Å². The zero-order valence-corrected chi connectivity index (χ0v) is 16.7. The highest BCUT2D eigenvalue weighted by Crippen LogP contribution is 2.32. The van der Waals surface area contributed by atoms with E-state index in [9.17, 15) is 31.5 Å². The van der Waals surface area contributed by atoms with Crippen LogP contribution >= 0.6 is 0 Å². The van der Waals surface area contributed by atoms with Crippen molar-refractivity contribution in [2.24, 2.45) is 0 Å². The molecule has 2 heterocycles. The normalized spacial score (nSPS) is 17.3. The highest BCUT2D eigenvalue weighted by atomic mass is 19.4. The molecular formula is C20H15F5N6O2. The molecule has 1 aliphatic rings. The molecule has 1 N–H and O–H groups in total. The molecule has 0 bridgehead atoms. The van der Waals surface area contributed by atoms with Crippen LogP contribution in [0, 0.1) is 22.7 Å². The fourth-order valence-electron chi connectivity index (χ4n) is 3.35. The lowest BCUT2D eigenvalue weighted by molar-refractivity contribution is -0.141. The number of nitriles is 2. The predicted molar refractivity (Wildman–Crippen MR) is 100 cm³/mol. The van der Waals surface area contributed by atoms with Crippen molar-refractivity contribution in [3.63, 3.8) is 0 Å². The van der Waals surface area contributed by atoms with Crippen LogP contribution < -0.4 is 5.32 Å². The number of carbonyl (C=O) groups excluding carboxylic acids is 2. The number of rotatable bonds is 5. The Morgan fingerprint density at radius 2 is 2.00 bits per heavy atom. The highest BCUT2D eigenvalue weighted by Gasteiger charge is 2.47. The van der Waals surface area contributed by atoms with Gasteiger partial charge in [0.15, 0.2) is 5.69 Å². The van der Waals surface area contributed by atoms with Crippen LogP contribution in [-0.2, 0) is 17.5 Å². The molecule has 0 spiro atoms. The highest BCUT2D eigenvalue weighted by molar-refractivity contribution is 5.97. The molecule has 0 saturated carbocycles. The van der Waals surface area contributed by atoms with Crippen molar-refractivity contribution in [3.8, 4) is 12.1 Å². The maximum absolute atomic E-state index is 13.5. The lowest BCUT2D eigenvalue weighted by Crippen LogP contribution is -2.43. The van der Waals surface area contributed by atoms with Crippen LogP contribution in [0.3, 0.4) is 0 Å². The van der Waals surface area contributed by atoms with E-state index in [1.165, 1.54) is 18.2 Å². The first-order valence-electron chi connectivity index (χ1n) is 9.42. The standard InChI is InChI=1S/C20H15F5N6O2/c21-19(22)5-14(7-27)31(11-19)16(32)8-28-18(33)15-10-30(29-17(15)20(23,24)25)9-13-3-1-2-12(4-13)6-26/h1-4,10,14H,5,8-9,11H2,(H,28,33)/t14-/m0/s1. The second-order valence-corrected chi connectivity index (χ2v) is 7.31. The number of hydrogen-bond acceptors (Lipinski definition) is 5. The Bertz CT molecular complexity index is 1160. The van der Waals surface area contributed by atoms with Gasteiger partial charge >= 0.3 is 6.18 Å². The summed E-state index contributed by atoms with van der Waals surface area (Å²) in [5.74, 6) is -5.58. The fraction of sp³-hybridized carbons (Fsp3) is 0.350. The number of benzene rings is 1. The Labute approximate surface area is 183 Å². The van der Waals surface area contributed by atoms with Crippen molar-refractivity contribution in [3.05, 3.63) is 52.8 Å². The summed E-state index contributed by atoms with van der Waals surface area (Å²) in [5.41, 5.74) is -1.61. The van der Waals surface area contributed by atoms with E-state index in [1.54, 1.807) is 12.1 Å². The van der Waals surface area contributed by atoms with E-state index in [0.29, 0.717) is 10.5 Å². The van der Waals surface area contributed by atoms with Crippen LogP contribution in [0.4, 0.5) is 22.0 Å². The Morgan fingerprint density at radius 3 is 2.64 bits per heavy atom. The molecule has 1 fully saturated rings. The minimum Gasteiger partial charge on any atom is -0.343 e. The second-order valence-electron chi connectivity index (χ2n) is 7.31. The van der Waals surface area contributed by atoms with Crippen molar-refractivity contribution in [2.45, 2.75) is 31.1 Å². The van der Waals surface area contributed by atoms with Crippen LogP contribution in [0.25, 0.3) is 0 Å². The van der Waals surface area contributed by atoms with E-state index in [4.69, 9.17) is 10.5 Å². The quantitative estimate of drug-likeness (QED) is 0.680. The van der Waals surface area contributed by atoms with Gasteiger partial charge in [-0.05, 0) is 17.7 Å². The van der Waals surface area contributed by atoms with Gasteiger partial charge in [0.1, 0.15) is 6.04 Å². The van der Waals surface area contributed by atoms with Gasteiger partial charge in [-0.3, -0.25) is 14.3 Å². The lowest BCUT2D eigenvalue weighted by atomic mass is 10.1. The van der Waals surface area contributed by atoms with E-state index >= 15 is 0 Å². The van der Waals surface area contributed by atoms with Crippen molar-refractivity contribution in [1.29, 1.82) is 10.5 Å². The number of alkyl halides is 5. The molecule has 1 saturated heterocycles. The SMILES string of the molecule is N#Cc1cccc(Cn2cc(C(=O)NCC(=O)N3CC(F)(F)C[C@H]3C#N)c(C(F)(F)F)n2)c1. The number of carbonyl (C=O) groups is 2. The number of aromatic nitrogens is 2. The summed E-state index contributed by atoms with van der Waals surface area (Å²) in [6, 6.07) is 8.12. The maximum atomic E-state index is 13.5. The summed E-state index contributed by atoms with van der Waals surface area (Å²) in [7, 11) is 0. The lowest BCUT2D eigenvalue weighted by Gasteiger charge is -2.19. The molecule has 0 unspecified atom stereocenters. The first-order valence-corrected chi connectivity index (χ1v) is 9.42. The summed E-state index contributed by atoms with van der Waals surface area (Å²) in [6.07, 6.45) is -5.01. The summed E-state index contributed by atoms with van der Waals surface area (Å²) in [4.78, 5) is 25.1. The van der Waals surface area contributed by atoms with Gasteiger partial charge in [-0.15, -0.1) is 0 Å². The zero-order chi connectivity index (χ0) is 24.4. The molecule has 0 aliphatic carbocycles. The van der Waals surface area contributed by atoms with Crippen molar-refractivity contribution in [2.75, 3.05) is 13.1 Å². The van der Waals surface area contributed by atoms with Crippen LogP contribution in [0.2, 0.25) is 0 Å². The Kier molecular flexibility index (Phi) is 6.35. The minimum absolute atomic E-state index is 0.169. The predicted octanol–water partition coefficient (Wildman–Crippen LogP) is 2.31. The third-order valence-corrected chi connectivity index (χ3v) is 4.81. The third-order valence-electron chi connectivity index (χ3n) is 4.81. The topological polar surface area (TPSA) is 115 Å². The smallest absolute Gasteiger partial charge is 0.343 e. The Morgan fingerprint density at radius 1 is 1.27 bits per heavy atom. The number of hydrogen-bond donors (Lipinski definition) is 1. The van der Waals surface area contributed by atoms with Crippen LogP contribution in [-0.4, -0.2) is 51.5 Å². The molecule has 33 heavy (non-hydrogen) atoms. The molecule has 1 aromatic carbocycles. The van der Waals surface area contributed by atoms with Crippen LogP contribution in [0.1, 0.15) is 33.6 Å². The molecule has 1 aliphatic heterocycles. The van der Waals surface area contributed by atoms with Gasteiger partial charge in [0.25, 0.3) is 11.8 Å². The van der Waals surface area contributed by atoms with E-state index in [1.807, 2.05) is 11.4 Å². The number of nitrogens with zero attached hydrogens (tertiary/aromatic N) is 5. The zero-order valence-electron chi connectivity index (χ0n) is 16.7. The van der Waals surface area contributed by atoms with Gasteiger partial charge in [-0.2, -0.15) is 28.8 Å². The maximum Gasteiger partial charge on any atom is 0.435 e. The fourth-order valence-corrected chi connectivity index (χ4v) is 3.35. The molecule has 172 valence electrons. The number of likely N-dealkylation sites (tertiary alicyclic amines) is 1. The third kappa shape index (κ3) is 5.44. The van der Waals surface area contributed by atoms with E-state index in [2.05, 4.69) is 5.10 Å². The molecule has 13 heteroatoms. The first kappa shape index (κ1) is 23.7. The van der Waals surface area contributed by atoms with Gasteiger partial charge in [-0.25, -0.2) is 8.78 Å². The number of nitrogens with one attached hydrogen (secondary N) is 1. The van der Waals surface area contributed by atoms with E-state index < -0.39 is 60.7 Å².